The summed E-state index contributed by atoms with van der Waals surface area (Å²) in [7, 11) is 0. The molecule has 5 nitrogen and oxygen atoms in total. The molecule has 0 N–H and O–H groups in total. The van der Waals surface area contributed by atoms with Crippen molar-refractivity contribution in [1.82, 2.24) is 9.97 Å². The Kier molecular flexibility index (Phi) is 1.81. The summed E-state index contributed by atoms with van der Waals surface area (Å²) in [5, 5.41) is 10.6. The van der Waals surface area contributed by atoms with Crippen LogP contribution >= 0.6 is 0 Å². The van der Waals surface area contributed by atoms with Crippen LogP contribution in [0.4, 0.5) is 10.1 Å². The molecule has 0 radical (unpaired) electrons. The van der Waals surface area contributed by atoms with Crippen LogP contribution in [-0.4, -0.2) is 14.9 Å². The Labute approximate surface area is 77.4 Å². The largest absolute Gasteiger partial charge is 0.271 e. The first-order valence-electron chi connectivity index (χ1n) is 3.73. The standard InChI is InChI=1S/C8H4FN3O2/c9-8-6-2-1-5(12(13)14)3-7(6)10-4-11-8/h1-4H. The Morgan fingerprint density at radius 3 is 2.86 bits per heavy atom. The number of rotatable bonds is 1. The molecule has 1 heterocycles. The van der Waals surface area contributed by atoms with Gasteiger partial charge in [-0.15, -0.1) is 0 Å². The number of non-ortho nitro benzene ring substituents is 1. The number of hydrogen-bond donors (Lipinski definition) is 0. The van der Waals surface area contributed by atoms with Crippen LogP contribution in [0.2, 0.25) is 0 Å². The SMILES string of the molecule is O=[N+]([O-])c1ccc2c(F)ncnc2c1. The third-order valence-corrected chi connectivity index (χ3v) is 1.78. The van der Waals surface area contributed by atoms with Crippen LogP contribution in [0.25, 0.3) is 10.9 Å². The third kappa shape index (κ3) is 1.26. The summed E-state index contributed by atoms with van der Waals surface area (Å²) in [5.74, 6) is -0.676. The monoisotopic (exact) mass is 193 g/mol. The molecule has 2 rings (SSSR count). The Hall–Kier alpha value is -2.11. The summed E-state index contributed by atoms with van der Waals surface area (Å²) in [6.45, 7) is 0. The van der Waals surface area contributed by atoms with Crippen LogP contribution in [0.15, 0.2) is 24.5 Å². The van der Waals surface area contributed by atoms with Gasteiger partial charge in [-0.2, -0.15) is 4.39 Å². The summed E-state index contributed by atoms with van der Waals surface area (Å²) in [6.07, 6.45) is 1.03. The van der Waals surface area contributed by atoms with E-state index in [1.54, 1.807) is 0 Å². The number of hydrogen-bond acceptors (Lipinski definition) is 4. The average Bonchev–Trinajstić information content (AvgIpc) is 2.17. The van der Waals surface area contributed by atoms with Gasteiger partial charge in [0.15, 0.2) is 0 Å². The van der Waals surface area contributed by atoms with Crippen molar-refractivity contribution >= 4 is 16.6 Å². The second kappa shape index (κ2) is 2.99. The van der Waals surface area contributed by atoms with Gasteiger partial charge in [-0.05, 0) is 6.07 Å². The summed E-state index contributed by atoms with van der Waals surface area (Å²) in [4.78, 5) is 16.9. The molecule has 14 heavy (non-hydrogen) atoms. The van der Waals surface area contributed by atoms with Gasteiger partial charge in [0, 0.05) is 12.1 Å². The molecule has 0 aliphatic heterocycles. The highest BCUT2D eigenvalue weighted by Crippen LogP contribution is 2.19. The van der Waals surface area contributed by atoms with Gasteiger partial charge in [0.1, 0.15) is 6.33 Å². The maximum atomic E-state index is 13.0. The molecule has 0 saturated heterocycles. The molecular formula is C8H4FN3O2. The van der Waals surface area contributed by atoms with E-state index in [4.69, 9.17) is 0 Å². The van der Waals surface area contributed by atoms with Crippen LogP contribution in [-0.2, 0) is 0 Å². The smallest absolute Gasteiger partial charge is 0.258 e. The van der Waals surface area contributed by atoms with Gasteiger partial charge in [0.2, 0.25) is 5.95 Å². The zero-order valence-corrected chi connectivity index (χ0v) is 6.85. The molecule has 0 unspecified atom stereocenters. The first-order chi connectivity index (χ1) is 6.68. The van der Waals surface area contributed by atoms with E-state index in [0.29, 0.717) is 0 Å². The fraction of sp³-hybridized carbons (Fsp3) is 0. The highest BCUT2D eigenvalue weighted by atomic mass is 19.1. The molecule has 1 aromatic heterocycles. The maximum Gasteiger partial charge on any atom is 0.271 e. The molecule has 0 aliphatic carbocycles. The van der Waals surface area contributed by atoms with Crippen molar-refractivity contribution in [2.45, 2.75) is 0 Å². The predicted octanol–water partition coefficient (Wildman–Crippen LogP) is 1.68. The summed E-state index contributed by atoms with van der Waals surface area (Å²) >= 11 is 0. The number of halogens is 1. The molecule has 0 fully saturated rings. The second-order valence-corrected chi connectivity index (χ2v) is 2.62. The van der Waals surface area contributed by atoms with Gasteiger partial charge >= 0.3 is 0 Å². The van der Waals surface area contributed by atoms with Crippen molar-refractivity contribution in [2.75, 3.05) is 0 Å². The Bertz CT molecular complexity index is 515. The summed E-state index contributed by atoms with van der Waals surface area (Å²) in [6, 6.07) is 3.72. The zero-order chi connectivity index (χ0) is 10.1. The lowest BCUT2D eigenvalue weighted by atomic mass is 10.2. The van der Waals surface area contributed by atoms with Crippen LogP contribution in [0.3, 0.4) is 0 Å². The highest BCUT2D eigenvalue weighted by molar-refractivity contribution is 5.80. The lowest BCUT2D eigenvalue weighted by Crippen LogP contribution is -1.91. The van der Waals surface area contributed by atoms with Crippen molar-refractivity contribution in [3.8, 4) is 0 Å². The molecule has 0 saturated carbocycles. The van der Waals surface area contributed by atoms with Gasteiger partial charge in [-0.1, -0.05) is 0 Å². The van der Waals surface area contributed by atoms with Gasteiger partial charge in [0.05, 0.1) is 15.8 Å². The quantitative estimate of drug-likeness (QED) is 0.392. The van der Waals surface area contributed by atoms with Gasteiger partial charge in [-0.25, -0.2) is 9.97 Å². The lowest BCUT2D eigenvalue weighted by Gasteiger charge is -1.96. The van der Waals surface area contributed by atoms with Crippen LogP contribution < -0.4 is 0 Å². The molecule has 0 aliphatic rings. The minimum atomic E-state index is -0.676. The Morgan fingerprint density at radius 2 is 2.14 bits per heavy atom. The fourth-order valence-electron chi connectivity index (χ4n) is 1.13. The molecule has 70 valence electrons. The molecule has 0 amide bonds. The Morgan fingerprint density at radius 1 is 1.36 bits per heavy atom. The number of nitrogens with zero attached hydrogens (tertiary/aromatic N) is 3. The number of fused-ring (bicyclic) bond motifs is 1. The van der Waals surface area contributed by atoms with E-state index < -0.39 is 10.9 Å². The zero-order valence-electron chi connectivity index (χ0n) is 6.85. The molecule has 0 atom stereocenters. The first-order valence-corrected chi connectivity index (χ1v) is 3.73. The van der Waals surface area contributed by atoms with E-state index in [0.717, 1.165) is 6.33 Å². The summed E-state index contributed by atoms with van der Waals surface area (Å²) in [5.41, 5.74) is 0.113. The molecule has 1 aromatic carbocycles. The van der Waals surface area contributed by atoms with Crippen molar-refractivity contribution < 1.29 is 9.31 Å². The van der Waals surface area contributed by atoms with E-state index >= 15 is 0 Å². The van der Waals surface area contributed by atoms with E-state index in [1.165, 1.54) is 18.2 Å². The normalized spacial score (nSPS) is 10.4. The fourth-order valence-corrected chi connectivity index (χ4v) is 1.13. The number of nitro benzene ring substituents is 1. The van der Waals surface area contributed by atoms with Crippen LogP contribution in [0.1, 0.15) is 0 Å². The van der Waals surface area contributed by atoms with E-state index in [-0.39, 0.29) is 16.6 Å². The van der Waals surface area contributed by atoms with Gasteiger partial charge in [-0.3, -0.25) is 10.1 Å². The maximum absolute atomic E-state index is 13.0. The second-order valence-electron chi connectivity index (χ2n) is 2.62. The number of benzene rings is 1. The molecule has 6 heteroatoms. The molecular weight excluding hydrogens is 189 g/mol. The minimum Gasteiger partial charge on any atom is -0.258 e. The van der Waals surface area contributed by atoms with E-state index in [9.17, 15) is 14.5 Å². The van der Waals surface area contributed by atoms with Crippen molar-refractivity contribution in [3.05, 3.63) is 40.6 Å². The van der Waals surface area contributed by atoms with Crippen LogP contribution in [0, 0.1) is 16.1 Å². The van der Waals surface area contributed by atoms with Crippen molar-refractivity contribution in [2.24, 2.45) is 0 Å². The molecule has 0 spiro atoms. The topological polar surface area (TPSA) is 68.9 Å². The first kappa shape index (κ1) is 8.49. The molecule has 0 bridgehead atoms. The van der Waals surface area contributed by atoms with Crippen LogP contribution in [0.5, 0.6) is 0 Å². The van der Waals surface area contributed by atoms with Gasteiger partial charge < -0.3 is 0 Å². The number of aromatic nitrogens is 2. The van der Waals surface area contributed by atoms with E-state index in [1.807, 2.05) is 0 Å². The van der Waals surface area contributed by atoms with Crippen molar-refractivity contribution in [3.63, 3.8) is 0 Å². The highest BCUT2D eigenvalue weighted by Gasteiger charge is 2.09. The minimum absolute atomic E-state index is 0.115. The Balaban J connectivity index is 2.73. The average molecular weight is 193 g/mol. The lowest BCUT2D eigenvalue weighted by molar-refractivity contribution is -0.384. The third-order valence-electron chi connectivity index (χ3n) is 1.78. The van der Waals surface area contributed by atoms with Crippen molar-refractivity contribution in [1.29, 1.82) is 0 Å². The predicted molar refractivity (Wildman–Crippen MR) is 46.2 cm³/mol. The van der Waals surface area contributed by atoms with Gasteiger partial charge in [0.25, 0.3) is 5.69 Å². The van der Waals surface area contributed by atoms with E-state index in [2.05, 4.69) is 9.97 Å². The molecule has 2 aromatic rings. The summed E-state index contributed by atoms with van der Waals surface area (Å²) < 4.78 is 13.0. The number of nitro groups is 1.